The highest BCUT2D eigenvalue weighted by atomic mass is 35.5. The Balaban J connectivity index is 1.80. The van der Waals surface area contributed by atoms with Gasteiger partial charge in [-0.2, -0.15) is 0 Å². The molecule has 0 saturated heterocycles. The van der Waals surface area contributed by atoms with Crippen molar-refractivity contribution in [3.63, 3.8) is 0 Å². The van der Waals surface area contributed by atoms with Gasteiger partial charge in [0.2, 0.25) is 5.91 Å². The second-order valence-corrected chi connectivity index (χ2v) is 6.04. The molecule has 0 aliphatic heterocycles. The van der Waals surface area contributed by atoms with Crippen LogP contribution in [0.15, 0.2) is 24.3 Å². The van der Waals surface area contributed by atoms with Crippen LogP contribution in [0.4, 0.5) is 0 Å². The fourth-order valence-corrected chi connectivity index (χ4v) is 2.21. The molecular formula is C15H20ClNO2. The van der Waals surface area contributed by atoms with E-state index in [0.717, 1.165) is 18.4 Å². The molecule has 1 aliphatic carbocycles. The first-order valence-electron chi connectivity index (χ1n) is 6.68. The average molecular weight is 282 g/mol. The molecule has 1 amide bonds. The Hall–Kier alpha value is -1.06. The van der Waals surface area contributed by atoms with Crippen molar-refractivity contribution in [1.82, 2.24) is 5.32 Å². The number of rotatable bonds is 6. The highest BCUT2D eigenvalue weighted by Gasteiger charge is 2.42. The third kappa shape index (κ3) is 3.95. The average Bonchev–Trinajstić information content (AvgIpc) is 3.19. The number of aliphatic hydroxyl groups excluding tert-OH is 1. The fraction of sp³-hybridized carbons (Fsp3) is 0.533. The molecule has 3 nitrogen and oxygen atoms in total. The lowest BCUT2D eigenvalue weighted by molar-refractivity contribution is -0.124. The molecule has 2 N–H and O–H groups in total. The lowest BCUT2D eigenvalue weighted by atomic mass is 10.00. The van der Waals surface area contributed by atoms with Gasteiger partial charge in [-0.15, -0.1) is 0 Å². The summed E-state index contributed by atoms with van der Waals surface area (Å²) >= 11 is 5.83. The normalized spacial score (nSPS) is 17.8. The van der Waals surface area contributed by atoms with Crippen LogP contribution in [0.3, 0.4) is 0 Å². The quantitative estimate of drug-likeness (QED) is 0.841. The Morgan fingerprint density at radius 2 is 2.05 bits per heavy atom. The van der Waals surface area contributed by atoms with Gasteiger partial charge in [0.15, 0.2) is 0 Å². The van der Waals surface area contributed by atoms with Crippen molar-refractivity contribution < 1.29 is 9.90 Å². The smallest absolute Gasteiger partial charge is 0.223 e. The molecule has 2 rings (SSSR count). The van der Waals surface area contributed by atoms with Crippen molar-refractivity contribution >= 4 is 17.5 Å². The van der Waals surface area contributed by atoms with E-state index in [1.54, 1.807) is 0 Å². The molecule has 1 fully saturated rings. The number of hydrogen-bond acceptors (Lipinski definition) is 2. The Kier molecular flexibility index (Phi) is 4.48. The summed E-state index contributed by atoms with van der Waals surface area (Å²) in [7, 11) is 0. The van der Waals surface area contributed by atoms with Gasteiger partial charge in [-0.1, -0.05) is 30.7 Å². The number of benzene rings is 1. The maximum atomic E-state index is 12.0. The van der Waals surface area contributed by atoms with Crippen LogP contribution in [0.25, 0.3) is 0 Å². The number of carbonyl (C=O) groups excluding carboxylic acids is 1. The third-order valence-electron chi connectivity index (χ3n) is 3.83. The van der Waals surface area contributed by atoms with Crippen molar-refractivity contribution in [3.05, 3.63) is 34.9 Å². The van der Waals surface area contributed by atoms with Crippen LogP contribution >= 0.6 is 11.6 Å². The van der Waals surface area contributed by atoms with E-state index in [4.69, 9.17) is 11.6 Å². The molecule has 0 bridgehead atoms. The number of hydrogen-bond donors (Lipinski definition) is 2. The highest BCUT2D eigenvalue weighted by Crippen LogP contribution is 2.44. The van der Waals surface area contributed by atoms with Gasteiger partial charge in [0.25, 0.3) is 0 Å². The Morgan fingerprint density at radius 1 is 1.42 bits per heavy atom. The van der Waals surface area contributed by atoms with Crippen molar-refractivity contribution in [3.8, 4) is 0 Å². The summed E-state index contributed by atoms with van der Waals surface area (Å²) in [6.07, 6.45) is 2.72. The lowest BCUT2D eigenvalue weighted by Crippen LogP contribution is -2.36. The van der Waals surface area contributed by atoms with Crippen LogP contribution in [-0.4, -0.2) is 24.2 Å². The van der Waals surface area contributed by atoms with Crippen LogP contribution < -0.4 is 5.32 Å². The minimum atomic E-state index is -0.0735. The first-order chi connectivity index (χ1) is 9.04. The number of carbonyl (C=O) groups is 1. The molecule has 104 valence electrons. The molecule has 1 atom stereocenters. The summed E-state index contributed by atoms with van der Waals surface area (Å²) in [5.41, 5.74) is 1.07. The van der Waals surface area contributed by atoms with E-state index in [2.05, 4.69) is 5.32 Å². The van der Waals surface area contributed by atoms with Gasteiger partial charge in [0.05, 0.1) is 6.61 Å². The first kappa shape index (κ1) is 14.4. The summed E-state index contributed by atoms with van der Waals surface area (Å²) in [5.74, 6) is -0.0228. The Morgan fingerprint density at radius 3 is 2.58 bits per heavy atom. The largest absolute Gasteiger partial charge is 0.396 e. The van der Waals surface area contributed by atoms with Crippen LogP contribution in [0.5, 0.6) is 0 Å². The number of amides is 1. The summed E-state index contributed by atoms with van der Waals surface area (Å²) in [6, 6.07) is 7.57. The zero-order valence-electron chi connectivity index (χ0n) is 11.2. The van der Waals surface area contributed by atoms with Crippen molar-refractivity contribution in [2.45, 2.75) is 26.2 Å². The molecule has 0 aromatic heterocycles. The molecule has 1 unspecified atom stereocenters. The van der Waals surface area contributed by atoms with Crippen LogP contribution in [-0.2, 0) is 11.2 Å². The minimum absolute atomic E-state index is 0.0321. The summed E-state index contributed by atoms with van der Waals surface area (Å²) in [5, 5.41) is 12.9. The van der Waals surface area contributed by atoms with Crippen molar-refractivity contribution in [1.29, 1.82) is 0 Å². The van der Waals surface area contributed by atoms with Gasteiger partial charge < -0.3 is 10.4 Å². The van der Waals surface area contributed by atoms with E-state index in [0.29, 0.717) is 18.0 Å². The molecule has 1 aliphatic rings. The molecule has 0 heterocycles. The van der Waals surface area contributed by atoms with Crippen LogP contribution in [0, 0.1) is 11.3 Å². The van der Waals surface area contributed by atoms with Gasteiger partial charge in [-0.25, -0.2) is 0 Å². The molecule has 0 spiro atoms. The zero-order valence-corrected chi connectivity index (χ0v) is 11.9. The maximum absolute atomic E-state index is 12.0. The summed E-state index contributed by atoms with van der Waals surface area (Å²) in [6.45, 7) is 2.68. The van der Waals surface area contributed by atoms with Gasteiger partial charge >= 0.3 is 0 Å². The van der Waals surface area contributed by atoms with E-state index >= 15 is 0 Å². The summed E-state index contributed by atoms with van der Waals surface area (Å²) in [4.78, 5) is 12.0. The minimum Gasteiger partial charge on any atom is -0.396 e. The molecule has 19 heavy (non-hydrogen) atoms. The van der Waals surface area contributed by atoms with Crippen LogP contribution in [0.1, 0.15) is 25.3 Å². The highest BCUT2D eigenvalue weighted by molar-refractivity contribution is 6.30. The van der Waals surface area contributed by atoms with Crippen LogP contribution in [0.2, 0.25) is 5.02 Å². The lowest BCUT2D eigenvalue weighted by Gasteiger charge is -2.16. The van der Waals surface area contributed by atoms with E-state index in [1.807, 2.05) is 31.2 Å². The molecule has 1 aromatic carbocycles. The first-order valence-corrected chi connectivity index (χ1v) is 7.05. The van der Waals surface area contributed by atoms with Gasteiger partial charge in [0.1, 0.15) is 0 Å². The second kappa shape index (κ2) is 5.93. The molecule has 0 radical (unpaired) electrons. The Labute approximate surface area is 119 Å². The zero-order chi connectivity index (χ0) is 13.9. The van der Waals surface area contributed by atoms with Gasteiger partial charge in [-0.3, -0.25) is 4.79 Å². The van der Waals surface area contributed by atoms with E-state index in [9.17, 15) is 9.90 Å². The van der Waals surface area contributed by atoms with E-state index in [-0.39, 0.29) is 23.8 Å². The molecule has 1 saturated carbocycles. The topological polar surface area (TPSA) is 49.3 Å². The number of aliphatic hydroxyl groups is 1. The monoisotopic (exact) mass is 281 g/mol. The standard InChI is InChI=1S/C15H20ClNO2/c1-11(8-12-2-4-13(16)5-3-12)14(19)17-9-15(10-18)6-7-15/h2-5,11,18H,6-10H2,1H3,(H,17,19). The third-order valence-corrected chi connectivity index (χ3v) is 4.08. The predicted molar refractivity (Wildman–Crippen MR) is 76.1 cm³/mol. The fourth-order valence-electron chi connectivity index (χ4n) is 2.08. The number of halogens is 1. The number of nitrogens with one attached hydrogen (secondary N) is 1. The second-order valence-electron chi connectivity index (χ2n) is 5.61. The molecule has 4 heteroatoms. The Bertz CT molecular complexity index is 440. The van der Waals surface area contributed by atoms with Crippen molar-refractivity contribution in [2.75, 3.05) is 13.2 Å². The van der Waals surface area contributed by atoms with E-state index in [1.165, 1.54) is 0 Å². The van der Waals surface area contributed by atoms with Gasteiger partial charge in [0, 0.05) is 22.9 Å². The maximum Gasteiger partial charge on any atom is 0.223 e. The van der Waals surface area contributed by atoms with E-state index < -0.39 is 0 Å². The summed E-state index contributed by atoms with van der Waals surface area (Å²) < 4.78 is 0. The molecular weight excluding hydrogens is 262 g/mol. The van der Waals surface area contributed by atoms with Gasteiger partial charge in [-0.05, 0) is 37.0 Å². The predicted octanol–water partition coefficient (Wildman–Crippen LogP) is 2.41. The van der Waals surface area contributed by atoms with Crippen molar-refractivity contribution in [2.24, 2.45) is 11.3 Å². The SMILES string of the molecule is CC(Cc1ccc(Cl)cc1)C(=O)NCC1(CO)CC1. The molecule has 1 aromatic rings.